The number of hydrogen-bond donors (Lipinski definition) is 4. The molecule has 0 unspecified atom stereocenters. The van der Waals surface area contributed by atoms with Crippen molar-refractivity contribution in [3.63, 3.8) is 0 Å². The SMILES string of the molecule is O=C(O)c1ccc(O)cc1C1CCC(c2cc(O)ccc2C(=O)O)CC1. The smallest absolute Gasteiger partial charge is 0.335 e. The van der Waals surface area contributed by atoms with Gasteiger partial charge in [-0.15, -0.1) is 0 Å². The number of hydrogen-bond acceptors (Lipinski definition) is 4. The summed E-state index contributed by atoms with van der Waals surface area (Å²) in [7, 11) is 0. The summed E-state index contributed by atoms with van der Waals surface area (Å²) in [5, 5.41) is 38.2. The molecule has 0 bridgehead atoms. The molecule has 1 aliphatic rings. The fourth-order valence-corrected chi connectivity index (χ4v) is 3.88. The van der Waals surface area contributed by atoms with Gasteiger partial charge >= 0.3 is 11.9 Å². The first-order chi connectivity index (χ1) is 12.4. The zero-order valence-electron chi connectivity index (χ0n) is 14.1. The Morgan fingerprint density at radius 2 is 1.04 bits per heavy atom. The standard InChI is InChI=1S/C20H20O6/c21-13-5-7-15(19(23)24)17(9-13)11-1-2-12(4-3-11)18-10-14(22)6-8-16(18)20(25)26/h5-12,21-22H,1-4H2,(H,23,24)(H,25,26). The minimum Gasteiger partial charge on any atom is -0.508 e. The molecule has 0 amide bonds. The van der Waals surface area contributed by atoms with Crippen molar-refractivity contribution in [1.29, 1.82) is 0 Å². The van der Waals surface area contributed by atoms with E-state index in [1.165, 1.54) is 36.4 Å². The Balaban J connectivity index is 1.83. The highest BCUT2D eigenvalue weighted by Crippen LogP contribution is 2.43. The average Bonchev–Trinajstić information content (AvgIpc) is 2.61. The average molecular weight is 356 g/mol. The lowest BCUT2D eigenvalue weighted by Gasteiger charge is -2.30. The summed E-state index contributed by atoms with van der Waals surface area (Å²) in [6.07, 6.45) is 2.73. The van der Waals surface area contributed by atoms with Gasteiger partial charge in [0.1, 0.15) is 11.5 Å². The van der Waals surface area contributed by atoms with E-state index in [0.29, 0.717) is 36.8 Å². The van der Waals surface area contributed by atoms with Crippen molar-refractivity contribution >= 4 is 11.9 Å². The van der Waals surface area contributed by atoms with Crippen molar-refractivity contribution in [3.05, 3.63) is 58.7 Å². The van der Waals surface area contributed by atoms with Gasteiger partial charge in [0.25, 0.3) is 0 Å². The Labute approximate surface area is 150 Å². The third kappa shape index (κ3) is 3.49. The van der Waals surface area contributed by atoms with Gasteiger partial charge in [0.05, 0.1) is 11.1 Å². The van der Waals surface area contributed by atoms with E-state index in [-0.39, 0.29) is 34.5 Å². The Morgan fingerprint density at radius 3 is 1.35 bits per heavy atom. The first-order valence-corrected chi connectivity index (χ1v) is 8.49. The maximum Gasteiger partial charge on any atom is 0.335 e. The van der Waals surface area contributed by atoms with E-state index in [2.05, 4.69) is 0 Å². The number of benzene rings is 2. The van der Waals surface area contributed by atoms with E-state index in [0.717, 1.165) is 0 Å². The highest BCUT2D eigenvalue weighted by molar-refractivity contribution is 5.90. The number of phenols is 2. The van der Waals surface area contributed by atoms with Crippen LogP contribution in [-0.2, 0) is 0 Å². The number of aromatic hydroxyl groups is 2. The second-order valence-corrected chi connectivity index (χ2v) is 6.70. The zero-order chi connectivity index (χ0) is 18.8. The van der Waals surface area contributed by atoms with Crippen molar-refractivity contribution in [2.45, 2.75) is 37.5 Å². The van der Waals surface area contributed by atoms with Crippen molar-refractivity contribution < 1.29 is 30.0 Å². The Bertz CT molecular complexity index is 778. The molecule has 6 heteroatoms. The maximum absolute atomic E-state index is 11.4. The lowest BCUT2D eigenvalue weighted by atomic mass is 9.74. The van der Waals surface area contributed by atoms with E-state index >= 15 is 0 Å². The summed E-state index contributed by atoms with van der Waals surface area (Å²) in [6, 6.07) is 8.57. The number of carbonyl (C=O) groups is 2. The molecule has 6 nitrogen and oxygen atoms in total. The predicted octanol–water partition coefficient (Wildman–Crippen LogP) is 3.94. The van der Waals surface area contributed by atoms with Gasteiger partial charge in [-0.3, -0.25) is 0 Å². The van der Waals surface area contributed by atoms with Crippen LogP contribution in [-0.4, -0.2) is 32.4 Å². The van der Waals surface area contributed by atoms with Crippen molar-refractivity contribution in [2.75, 3.05) is 0 Å². The number of carboxylic acids is 2. The molecule has 3 rings (SSSR count). The molecule has 0 aliphatic heterocycles. The molecule has 0 spiro atoms. The van der Waals surface area contributed by atoms with E-state index in [4.69, 9.17) is 0 Å². The molecule has 0 atom stereocenters. The van der Waals surface area contributed by atoms with Crippen LogP contribution in [0.4, 0.5) is 0 Å². The molecular weight excluding hydrogens is 336 g/mol. The second-order valence-electron chi connectivity index (χ2n) is 6.70. The third-order valence-electron chi connectivity index (χ3n) is 5.14. The first-order valence-electron chi connectivity index (χ1n) is 8.49. The molecular formula is C20H20O6. The topological polar surface area (TPSA) is 115 Å². The Hall–Kier alpha value is -3.02. The van der Waals surface area contributed by atoms with Crippen LogP contribution in [0.5, 0.6) is 11.5 Å². The normalized spacial score (nSPS) is 19.8. The molecule has 2 aromatic carbocycles. The first kappa shape index (κ1) is 17.8. The molecule has 1 fully saturated rings. The lowest BCUT2D eigenvalue weighted by Crippen LogP contribution is -2.16. The summed E-state index contributed by atoms with van der Waals surface area (Å²) in [6.45, 7) is 0. The van der Waals surface area contributed by atoms with Gasteiger partial charge in [-0.2, -0.15) is 0 Å². The molecule has 136 valence electrons. The minimum atomic E-state index is -1.02. The van der Waals surface area contributed by atoms with Crippen LogP contribution >= 0.6 is 0 Å². The van der Waals surface area contributed by atoms with Crippen LogP contribution in [0.1, 0.15) is 69.4 Å². The molecule has 0 saturated heterocycles. The molecule has 1 aliphatic carbocycles. The van der Waals surface area contributed by atoms with Crippen LogP contribution in [0.2, 0.25) is 0 Å². The monoisotopic (exact) mass is 356 g/mol. The van der Waals surface area contributed by atoms with Crippen molar-refractivity contribution in [3.8, 4) is 11.5 Å². The number of rotatable bonds is 4. The molecule has 26 heavy (non-hydrogen) atoms. The van der Waals surface area contributed by atoms with Crippen LogP contribution in [0.3, 0.4) is 0 Å². The van der Waals surface area contributed by atoms with Gasteiger partial charge in [0.15, 0.2) is 0 Å². The van der Waals surface area contributed by atoms with Gasteiger partial charge in [-0.1, -0.05) is 0 Å². The maximum atomic E-state index is 11.4. The highest BCUT2D eigenvalue weighted by atomic mass is 16.4. The van der Waals surface area contributed by atoms with Crippen LogP contribution in [0, 0.1) is 0 Å². The second kappa shape index (κ2) is 7.07. The van der Waals surface area contributed by atoms with E-state index in [1.54, 1.807) is 0 Å². The number of aromatic carboxylic acids is 2. The highest BCUT2D eigenvalue weighted by Gasteiger charge is 2.29. The number of phenolic OH excluding ortho intramolecular Hbond substituents is 2. The van der Waals surface area contributed by atoms with Gasteiger partial charge in [-0.25, -0.2) is 9.59 Å². The number of carboxylic acid groups (broad SMARTS) is 2. The third-order valence-corrected chi connectivity index (χ3v) is 5.14. The van der Waals surface area contributed by atoms with Crippen molar-refractivity contribution in [2.24, 2.45) is 0 Å². The minimum absolute atomic E-state index is 0.00460. The van der Waals surface area contributed by atoms with Crippen LogP contribution in [0.25, 0.3) is 0 Å². The van der Waals surface area contributed by atoms with Gasteiger partial charge in [0, 0.05) is 0 Å². The lowest BCUT2D eigenvalue weighted by molar-refractivity contribution is 0.0683. The fourth-order valence-electron chi connectivity index (χ4n) is 3.88. The predicted molar refractivity (Wildman–Crippen MR) is 94.1 cm³/mol. The molecule has 0 radical (unpaired) electrons. The summed E-state index contributed by atoms with van der Waals surface area (Å²) >= 11 is 0. The van der Waals surface area contributed by atoms with Gasteiger partial charge < -0.3 is 20.4 Å². The molecule has 0 heterocycles. The van der Waals surface area contributed by atoms with E-state index in [1.807, 2.05) is 0 Å². The van der Waals surface area contributed by atoms with Gasteiger partial charge in [-0.05, 0) is 85.0 Å². The fraction of sp³-hybridized carbons (Fsp3) is 0.300. The summed E-state index contributed by atoms with van der Waals surface area (Å²) in [5.74, 6) is -1.99. The van der Waals surface area contributed by atoms with E-state index < -0.39 is 11.9 Å². The summed E-state index contributed by atoms with van der Waals surface area (Å²) in [5.41, 5.74) is 1.61. The quantitative estimate of drug-likeness (QED) is 0.660. The van der Waals surface area contributed by atoms with Crippen LogP contribution < -0.4 is 0 Å². The zero-order valence-corrected chi connectivity index (χ0v) is 14.1. The summed E-state index contributed by atoms with van der Waals surface area (Å²) in [4.78, 5) is 22.9. The largest absolute Gasteiger partial charge is 0.508 e. The molecule has 1 saturated carbocycles. The molecule has 0 aromatic heterocycles. The van der Waals surface area contributed by atoms with Crippen molar-refractivity contribution in [1.82, 2.24) is 0 Å². The molecule has 2 aromatic rings. The molecule has 4 N–H and O–H groups in total. The van der Waals surface area contributed by atoms with Crippen LogP contribution in [0.15, 0.2) is 36.4 Å². The Morgan fingerprint density at radius 1 is 0.692 bits per heavy atom. The van der Waals surface area contributed by atoms with E-state index in [9.17, 15) is 30.0 Å². The Kier molecular flexibility index (Phi) is 4.84. The van der Waals surface area contributed by atoms with Gasteiger partial charge in [0.2, 0.25) is 0 Å². The summed E-state index contributed by atoms with van der Waals surface area (Å²) < 4.78 is 0.